The van der Waals surface area contributed by atoms with Crippen molar-refractivity contribution in [1.82, 2.24) is 0 Å². The number of halogens is 1. The number of sulfone groups is 1. The molecule has 0 saturated carbocycles. The quantitative estimate of drug-likeness (QED) is 0.836. The Morgan fingerprint density at radius 1 is 1.04 bits per heavy atom. The van der Waals surface area contributed by atoms with Crippen molar-refractivity contribution in [2.45, 2.75) is 31.6 Å². The monoisotopic (exact) mass is 365 g/mol. The summed E-state index contributed by atoms with van der Waals surface area (Å²) in [6.45, 7) is 3.84. The van der Waals surface area contributed by atoms with Crippen molar-refractivity contribution in [3.05, 3.63) is 58.6 Å². The van der Waals surface area contributed by atoms with Gasteiger partial charge in [-0.1, -0.05) is 41.9 Å². The van der Waals surface area contributed by atoms with Gasteiger partial charge < -0.3 is 5.32 Å². The molecule has 0 aromatic heterocycles. The molecule has 0 aliphatic rings. The molecule has 6 heteroatoms. The van der Waals surface area contributed by atoms with Gasteiger partial charge in [0.1, 0.15) is 0 Å². The molecule has 1 amide bonds. The molecule has 0 saturated heterocycles. The zero-order valence-electron chi connectivity index (χ0n) is 13.7. The van der Waals surface area contributed by atoms with Crippen LogP contribution in [-0.2, 0) is 14.6 Å². The Bertz CT molecular complexity index is 827. The lowest BCUT2D eigenvalue weighted by atomic mass is 10.1. The third-order valence-corrected chi connectivity index (χ3v) is 6.03. The number of aryl methyl sites for hydroxylation is 2. The first-order chi connectivity index (χ1) is 11.3. The van der Waals surface area contributed by atoms with E-state index in [0.29, 0.717) is 0 Å². The zero-order valence-corrected chi connectivity index (χ0v) is 15.2. The summed E-state index contributed by atoms with van der Waals surface area (Å²) < 4.78 is 24.6. The van der Waals surface area contributed by atoms with E-state index in [2.05, 4.69) is 5.32 Å². The normalized spacial score (nSPS) is 11.3. The number of carbonyl (C=O) groups is 1. The Kier molecular flexibility index (Phi) is 6.02. The Hall–Kier alpha value is -1.85. The Balaban J connectivity index is 1.94. The number of amides is 1. The van der Waals surface area contributed by atoms with Gasteiger partial charge in [-0.15, -0.1) is 0 Å². The molecule has 0 fully saturated rings. The second kappa shape index (κ2) is 7.81. The molecule has 2 aromatic carbocycles. The summed E-state index contributed by atoms with van der Waals surface area (Å²) in [5, 5.41) is 3.06. The van der Waals surface area contributed by atoms with Crippen molar-refractivity contribution in [1.29, 1.82) is 0 Å². The number of anilines is 1. The van der Waals surface area contributed by atoms with E-state index in [1.165, 1.54) is 6.07 Å². The highest BCUT2D eigenvalue weighted by Crippen LogP contribution is 2.23. The first kappa shape index (κ1) is 18.5. The molecule has 128 valence electrons. The summed E-state index contributed by atoms with van der Waals surface area (Å²) in [5.74, 6) is -0.307. The van der Waals surface area contributed by atoms with Crippen molar-refractivity contribution in [2.75, 3.05) is 11.1 Å². The summed E-state index contributed by atoms with van der Waals surface area (Å²) in [6.07, 6.45) is 0.377. The molecule has 0 unspecified atom stereocenters. The number of rotatable bonds is 6. The fourth-order valence-corrected chi connectivity index (χ4v) is 4.33. The highest BCUT2D eigenvalue weighted by Gasteiger charge is 2.18. The maximum atomic E-state index is 12.3. The van der Waals surface area contributed by atoms with Gasteiger partial charge in [0.25, 0.3) is 0 Å². The first-order valence-electron chi connectivity index (χ1n) is 7.64. The maximum absolute atomic E-state index is 12.3. The lowest BCUT2D eigenvalue weighted by molar-refractivity contribution is -0.116. The summed E-state index contributed by atoms with van der Waals surface area (Å²) in [6, 6.07) is 12.1. The second-order valence-corrected chi connectivity index (χ2v) is 8.15. The summed E-state index contributed by atoms with van der Waals surface area (Å²) in [7, 11) is -3.49. The standard InChI is InChI=1S/C18H20ClNO3S/c1-13-7-5-8-14(2)18(13)20-17(21)11-6-12-24(22,23)16-10-4-3-9-15(16)19/h3-5,7-10H,6,11-12H2,1-2H3,(H,20,21). The molecule has 0 aliphatic carbocycles. The van der Waals surface area contributed by atoms with Crippen molar-refractivity contribution in [3.63, 3.8) is 0 Å². The molecular weight excluding hydrogens is 346 g/mol. The summed E-state index contributed by atoms with van der Waals surface area (Å²) in [4.78, 5) is 12.2. The maximum Gasteiger partial charge on any atom is 0.224 e. The van der Waals surface area contributed by atoms with E-state index in [1.807, 2.05) is 32.0 Å². The van der Waals surface area contributed by atoms with Crippen molar-refractivity contribution >= 4 is 33.0 Å². The molecule has 1 N–H and O–H groups in total. The fourth-order valence-electron chi connectivity index (χ4n) is 2.44. The van der Waals surface area contributed by atoms with Crippen LogP contribution in [0.15, 0.2) is 47.4 Å². The molecule has 0 bridgehead atoms. The fraction of sp³-hybridized carbons (Fsp3) is 0.278. The van der Waals surface area contributed by atoms with E-state index >= 15 is 0 Å². The van der Waals surface area contributed by atoms with Gasteiger partial charge in [0.2, 0.25) is 5.91 Å². The van der Waals surface area contributed by atoms with Gasteiger partial charge in [-0.05, 0) is 43.5 Å². The van der Waals surface area contributed by atoms with Crippen LogP contribution in [0.3, 0.4) is 0 Å². The van der Waals surface area contributed by atoms with E-state index in [4.69, 9.17) is 11.6 Å². The molecule has 2 rings (SSSR count). The average molecular weight is 366 g/mol. The number of hydrogen-bond acceptors (Lipinski definition) is 3. The van der Waals surface area contributed by atoms with Crippen LogP contribution >= 0.6 is 11.6 Å². The first-order valence-corrected chi connectivity index (χ1v) is 9.67. The van der Waals surface area contributed by atoms with Gasteiger partial charge in [0, 0.05) is 12.1 Å². The minimum atomic E-state index is -3.49. The van der Waals surface area contributed by atoms with Gasteiger partial charge in [-0.2, -0.15) is 0 Å². The number of nitrogens with one attached hydrogen (secondary N) is 1. The van der Waals surface area contributed by atoms with Crippen molar-refractivity contribution in [3.8, 4) is 0 Å². The van der Waals surface area contributed by atoms with E-state index < -0.39 is 9.84 Å². The largest absolute Gasteiger partial charge is 0.326 e. The highest BCUT2D eigenvalue weighted by atomic mass is 35.5. The Morgan fingerprint density at radius 2 is 1.67 bits per heavy atom. The second-order valence-electron chi connectivity index (χ2n) is 5.67. The molecule has 0 radical (unpaired) electrons. The van der Waals surface area contributed by atoms with E-state index in [1.54, 1.807) is 18.2 Å². The summed E-state index contributed by atoms with van der Waals surface area (Å²) in [5.41, 5.74) is 2.75. The lowest BCUT2D eigenvalue weighted by Gasteiger charge is -2.11. The summed E-state index contributed by atoms with van der Waals surface area (Å²) >= 11 is 5.93. The van der Waals surface area contributed by atoms with Crippen LogP contribution in [0.5, 0.6) is 0 Å². The van der Waals surface area contributed by atoms with Gasteiger partial charge in [0.15, 0.2) is 9.84 Å². The van der Waals surface area contributed by atoms with Crippen LogP contribution in [0.1, 0.15) is 24.0 Å². The minimum absolute atomic E-state index is 0.113. The van der Waals surface area contributed by atoms with Gasteiger partial charge in [-0.25, -0.2) is 8.42 Å². The van der Waals surface area contributed by atoms with E-state index in [9.17, 15) is 13.2 Å². The topological polar surface area (TPSA) is 63.2 Å². The van der Waals surface area contributed by atoms with Crippen LogP contribution in [0.25, 0.3) is 0 Å². The SMILES string of the molecule is Cc1cccc(C)c1NC(=O)CCCS(=O)(=O)c1ccccc1Cl. The molecule has 4 nitrogen and oxygen atoms in total. The molecular formula is C18H20ClNO3S. The highest BCUT2D eigenvalue weighted by molar-refractivity contribution is 7.91. The number of hydrogen-bond donors (Lipinski definition) is 1. The Labute approximate surface area is 147 Å². The van der Waals surface area contributed by atoms with Crippen molar-refractivity contribution in [2.24, 2.45) is 0 Å². The molecule has 0 atom stereocenters. The van der Waals surface area contributed by atoms with Gasteiger partial charge >= 0.3 is 0 Å². The van der Waals surface area contributed by atoms with Crippen LogP contribution in [0.2, 0.25) is 5.02 Å². The predicted octanol–water partition coefficient (Wildman–Crippen LogP) is 4.15. The Morgan fingerprint density at radius 3 is 2.29 bits per heavy atom. The zero-order chi connectivity index (χ0) is 17.7. The van der Waals surface area contributed by atoms with Crippen LogP contribution in [0, 0.1) is 13.8 Å². The van der Waals surface area contributed by atoms with Crippen LogP contribution in [-0.4, -0.2) is 20.1 Å². The smallest absolute Gasteiger partial charge is 0.224 e. The molecule has 0 aliphatic heterocycles. The number of para-hydroxylation sites is 1. The predicted molar refractivity (Wildman–Crippen MR) is 97.3 cm³/mol. The van der Waals surface area contributed by atoms with Crippen LogP contribution < -0.4 is 5.32 Å². The number of carbonyl (C=O) groups excluding carboxylic acids is 1. The average Bonchev–Trinajstić information content (AvgIpc) is 2.51. The van der Waals surface area contributed by atoms with E-state index in [-0.39, 0.29) is 34.4 Å². The minimum Gasteiger partial charge on any atom is -0.326 e. The molecule has 24 heavy (non-hydrogen) atoms. The number of benzene rings is 2. The van der Waals surface area contributed by atoms with E-state index in [0.717, 1.165) is 16.8 Å². The molecule has 0 heterocycles. The van der Waals surface area contributed by atoms with Gasteiger partial charge in [-0.3, -0.25) is 4.79 Å². The third kappa shape index (κ3) is 4.58. The lowest BCUT2D eigenvalue weighted by Crippen LogP contribution is -2.15. The van der Waals surface area contributed by atoms with Gasteiger partial charge in [0.05, 0.1) is 15.7 Å². The third-order valence-electron chi connectivity index (χ3n) is 3.73. The molecule has 2 aromatic rings. The van der Waals surface area contributed by atoms with Crippen molar-refractivity contribution < 1.29 is 13.2 Å². The molecule has 0 spiro atoms. The van der Waals surface area contributed by atoms with Crippen LogP contribution in [0.4, 0.5) is 5.69 Å².